The Labute approximate surface area is 73.7 Å². The van der Waals surface area contributed by atoms with Crippen molar-refractivity contribution in [3.63, 3.8) is 0 Å². The highest BCUT2D eigenvalue weighted by Gasteiger charge is 1.99. The normalized spacial score (nSPS) is 13.4. The zero-order chi connectivity index (χ0) is 7.56. The Morgan fingerprint density at radius 1 is 1.70 bits per heavy atom. The van der Waals surface area contributed by atoms with Crippen molar-refractivity contribution in [2.75, 3.05) is 0 Å². The molecule has 0 aliphatic heterocycles. The van der Waals surface area contributed by atoms with Crippen molar-refractivity contribution in [1.82, 2.24) is 0 Å². The molecule has 0 aliphatic carbocycles. The van der Waals surface area contributed by atoms with Gasteiger partial charge in [-0.15, -0.1) is 11.3 Å². The quantitative estimate of drug-likeness (QED) is 0.806. The molecule has 0 saturated heterocycles. The van der Waals surface area contributed by atoms with Crippen LogP contribution < -0.4 is 0 Å². The van der Waals surface area contributed by atoms with E-state index in [-0.39, 0.29) is 5.75 Å². The minimum Gasteiger partial charge on any atom is -0.306 e. The largest absolute Gasteiger partial charge is 0.306 e. The minimum absolute atomic E-state index is 0.232. The third kappa shape index (κ3) is 2.49. The molecule has 1 N–H and O–H groups in total. The van der Waals surface area contributed by atoms with Gasteiger partial charge in [0.1, 0.15) is 0 Å². The maximum atomic E-state index is 10.3. The first-order valence-corrected chi connectivity index (χ1v) is 5.38. The molecule has 5 heteroatoms. The van der Waals surface area contributed by atoms with E-state index in [1.807, 2.05) is 12.1 Å². The van der Waals surface area contributed by atoms with Crippen LogP contribution in [0.25, 0.3) is 0 Å². The van der Waals surface area contributed by atoms with Gasteiger partial charge in [-0.3, -0.25) is 0 Å². The number of hydrogen-bond acceptors (Lipinski definition) is 2. The van der Waals surface area contributed by atoms with Gasteiger partial charge in [0.15, 0.2) is 11.1 Å². The molecule has 1 rings (SSSR count). The summed E-state index contributed by atoms with van der Waals surface area (Å²) in [5.41, 5.74) is 0. The second-order valence-corrected chi connectivity index (χ2v) is 5.15. The topological polar surface area (TPSA) is 37.3 Å². The molecular formula is C5H5BrO2S2. The lowest BCUT2D eigenvalue weighted by molar-refractivity contribution is 0.564. The molecule has 1 atom stereocenters. The van der Waals surface area contributed by atoms with E-state index in [9.17, 15) is 4.21 Å². The van der Waals surface area contributed by atoms with Crippen LogP contribution in [-0.2, 0) is 16.8 Å². The van der Waals surface area contributed by atoms with E-state index in [1.54, 1.807) is 0 Å². The summed E-state index contributed by atoms with van der Waals surface area (Å²) in [5, 5.41) is 0. The van der Waals surface area contributed by atoms with Gasteiger partial charge in [0.2, 0.25) is 0 Å². The highest BCUT2D eigenvalue weighted by Crippen LogP contribution is 2.22. The van der Waals surface area contributed by atoms with Gasteiger partial charge in [0, 0.05) is 4.88 Å². The molecule has 0 amide bonds. The highest BCUT2D eigenvalue weighted by atomic mass is 79.9. The fraction of sp³-hybridized carbons (Fsp3) is 0.200. The van der Waals surface area contributed by atoms with Crippen molar-refractivity contribution >= 4 is 38.3 Å². The van der Waals surface area contributed by atoms with Crippen molar-refractivity contribution in [2.24, 2.45) is 0 Å². The van der Waals surface area contributed by atoms with Gasteiger partial charge in [-0.1, -0.05) is 0 Å². The number of halogens is 1. The number of hydrogen-bond donors (Lipinski definition) is 1. The fourth-order valence-electron chi connectivity index (χ4n) is 0.551. The molecule has 0 spiro atoms. The van der Waals surface area contributed by atoms with Crippen molar-refractivity contribution in [2.45, 2.75) is 5.75 Å². The van der Waals surface area contributed by atoms with E-state index < -0.39 is 11.1 Å². The summed E-state index contributed by atoms with van der Waals surface area (Å²) in [4.78, 5) is 0.924. The first-order chi connectivity index (χ1) is 4.68. The third-order valence-corrected chi connectivity index (χ3v) is 3.26. The van der Waals surface area contributed by atoms with Crippen LogP contribution >= 0.6 is 27.3 Å². The zero-order valence-electron chi connectivity index (χ0n) is 4.91. The number of thiophene rings is 1. The van der Waals surface area contributed by atoms with Crippen LogP contribution in [0.15, 0.2) is 15.9 Å². The number of rotatable bonds is 2. The molecular weight excluding hydrogens is 236 g/mol. The van der Waals surface area contributed by atoms with Gasteiger partial charge in [-0.25, -0.2) is 4.21 Å². The first kappa shape index (κ1) is 8.39. The summed E-state index contributed by atoms with van der Waals surface area (Å²) in [5.74, 6) is 0.232. The molecule has 0 bridgehead atoms. The van der Waals surface area contributed by atoms with Crippen molar-refractivity contribution < 1.29 is 8.76 Å². The lowest BCUT2D eigenvalue weighted by atomic mass is 10.5. The van der Waals surface area contributed by atoms with Crippen LogP contribution in [0.3, 0.4) is 0 Å². The second kappa shape index (κ2) is 3.61. The molecule has 0 radical (unpaired) electrons. The van der Waals surface area contributed by atoms with Crippen LogP contribution in [0.1, 0.15) is 4.88 Å². The predicted molar refractivity (Wildman–Crippen MR) is 46.5 cm³/mol. The van der Waals surface area contributed by atoms with Gasteiger partial charge >= 0.3 is 0 Å². The Kier molecular flexibility index (Phi) is 3.03. The van der Waals surface area contributed by atoms with Gasteiger partial charge in [-0.2, -0.15) is 0 Å². The summed E-state index contributed by atoms with van der Waals surface area (Å²) in [6, 6.07) is 3.70. The van der Waals surface area contributed by atoms with E-state index in [4.69, 9.17) is 4.55 Å². The van der Waals surface area contributed by atoms with Gasteiger partial charge in [0.25, 0.3) is 0 Å². The Balaban J connectivity index is 2.67. The molecule has 0 fully saturated rings. The molecule has 1 aromatic rings. The standard InChI is InChI=1S/C5H5BrO2S2/c6-5-2-1-4(9-5)3-10(7)8/h1-2H,3H2,(H,7,8). The average Bonchev–Trinajstić information content (AvgIpc) is 2.13. The Hall–Kier alpha value is 0.290. The van der Waals surface area contributed by atoms with Gasteiger partial charge in [-0.05, 0) is 28.1 Å². The maximum Gasteiger partial charge on any atom is 0.158 e. The maximum absolute atomic E-state index is 10.3. The summed E-state index contributed by atoms with van der Waals surface area (Å²) < 4.78 is 19.8. The van der Waals surface area contributed by atoms with Crippen LogP contribution in [0.4, 0.5) is 0 Å². The molecule has 0 aromatic carbocycles. The van der Waals surface area contributed by atoms with Crippen LogP contribution in [0.2, 0.25) is 0 Å². The summed E-state index contributed by atoms with van der Waals surface area (Å²) in [6.07, 6.45) is 0. The van der Waals surface area contributed by atoms with E-state index in [2.05, 4.69) is 15.9 Å². The molecule has 1 unspecified atom stereocenters. The van der Waals surface area contributed by atoms with Crippen LogP contribution in [0, 0.1) is 0 Å². The molecule has 1 heterocycles. The highest BCUT2D eigenvalue weighted by molar-refractivity contribution is 9.11. The van der Waals surface area contributed by atoms with E-state index in [0.717, 1.165) is 8.66 Å². The molecule has 56 valence electrons. The molecule has 1 aromatic heterocycles. The van der Waals surface area contributed by atoms with E-state index in [0.29, 0.717) is 0 Å². The Morgan fingerprint density at radius 3 is 2.80 bits per heavy atom. The van der Waals surface area contributed by atoms with E-state index in [1.165, 1.54) is 11.3 Å². The molecule has 0 aliphatic rings. The smallest absolute Gasteiger partial charge is 0.158 e. The predicted octanol–water partition coefficient (Wildman–Crippen LogP) is 2.23. The third-order valence-electron chi connectivity index (χ3n) is 0.895. The second-order valence-electron chi connectivity index (χ2n) is 1.67. The van der Waals surface area contributed by atoms with Crippen LogP contribution in [0.5, 0.6) is 0 Å². The van der Waals surface area contributed by atoms with Crippen molar-refractivity contribution in [1.29, 1.82) is 0 Å². The summed E-state index contributed by atoms with van der Waals surface area (Å²) in [7, 11) is 0. The zero-order valence-corrected chi connectivity index (χ0v) is 8.13. The van der Waals surface area contributed by atoms with Crippen LogP contribution in [-0.4, -0.2) is 8.76 Å². The fourth-order valence-corrected chi connectivity index (χ4v) is 2.71. The monoisotopic (exact) mass is 240 g/mol. The lowest BCUT2D eigenvalue weighted by Crippen LogP contribution is -1.88. The summed E-state index contributed by atoms with van der Waals surface area (Å²) in [6.45, 7) is 0. The Bertz CT molecular complexity index is 246. The van der Waals surface area contributed by atoms with Gasteiger partial charge in [0.05, 0.1) is 9.54 Å². The first-order valence-electron chi connectivity index (χ1n) is 2.50. The van der Waals surface area contributed by atoms with Gasteiger partial charge < -0.3 is 4.55 Å². The average molecular weight is 241 g/mol. The van der Waals surface area contributed by atoms with E-state index >= 15 is 0 Å². The lowest BCUT2D eigenvalue weighted by Gasteiger charge is -1.86. The molecule has 10 heavy (non-hydrogen) atoms. The van der Waals surface area contributed by atoms with Crippen molar-refractivity contribution in [3.05, 3.63) is 20.8 Å². The molecule has 2 nitrogen and oxygen atoms in total. The van der Waals surface area contributed by atoms with Crippen molar-refractivity contribution in [3.8, 4) is 0 Å². The molecule has 0 saturated carbocycles. The summed E-state index contributed by atoms with van der Waals surface area (Å²) >= 11 is 3.03. The minimum atomic E-state index is -1.71. The Morgan fingerprint density at radius 2 is 2.40 bits per heavy atom. The SMILES string of the molecule is O=S(O)Cc1ccc(Br)s1.